The third kappa shape index (κ3) is 0.897. The number of hydrogen-bond acceptors (Lipinski definition) is 2. The Labute approximate surface area is 87.1 Å². The third-order valence-corrected chi connectivity index (χ3v) is 3.00. The third-order valence-electron chi connectivity index (χ3n) is 3.00. The van der Waals surface area contributed by atoms with E-state index in [0.29, 0.717) is 5.88 Å². The summed E-state index contributed by atoms with van der Waals surface area (Å²) in [6.45, 7) is 1.99. The summed E-state index contributed by atoms with van der Waals surface area (Å²) in [7, 11) is 2.03. The van der Waals surface area contributed by atoms with Gasteiger partial charge in [0, 0.05) is 18.0 Å². The lowest BCUT2D eigenvalue weighted by atomic mass is 10.2. The molecule has 0 saturated heterocycles. The fourth-order valence-corrected chi connectivity index (χ4v) is 2.19. The van der Waals surface area contributed by atoms with Crippen LogP contribution < -0.4 is 5.73 Å². The van der Waals surface area contributed by atoms with E-state index in [0.717, 1.165) is 22.0 Å². The molecule has 0 amide bonds. The minimum absolute atomic E-state index is 0.515. The van der Waals surface area contributed by atoms with Crippen LogP contribution in [0.1, 0.15) is 5.56 Å². The van der Waals surface area contributed by atoms with Crippen molar-refractivity contribution in [2.24, 2.45) is 7.05 Å². The van der Waals surface area contributed by atoms with Crippen molar-refractivity contribution < 1.29 is 4.42 Å². The Morgan fingerprint density at radius 1 is 1.27 bits per heavy atom. The Hall–Kier alpha value is -1.90. The molecule has 3 nitrogen and oxygen atoms in total. The van der Waals surface area contributed by atoms with Crippen LogP contribution in [-0.4, -0.2) is 4.57 Å². The quantitative estimate of drug-likeness (QED) is 0.606. The zero-order valence-electron chi connectivity index (χ0n) is 8.74. The van der Waals surface area contributed by atoms with Crippen LogP contribution in [0.4, 0.5) is 5.88 Å². The SMILES string of the molecule is Cc1c(N)oc2c3ccccc3n(C)c12. The number of hydrogen-bond donors (Lipinski definition) is 1. The van der Waals surface area contributed by atoms with E-state index < -0.39 is 0 Å². The summed E-state index contributed by atoms with van der Waals surface area (Å²) in [5, 5.41) is 1.12. The van der Waals surface area contributed by atoms with Gasteiger partial charge in [-0.3, -0.25) is 0 Å². The summed E-state index contributed by atoms with van der Waals surface area (Å²) in [5.74, 6) is 0.515. The van der Waals surface area contributed by atoms with E-state index in [-0.39, 0.29) is 0 Å². The zero-order valence-corrected chi connectivity index (χ0v) is 8.74. The normalized spacial score (nSPS) is 11.6. The highest BCUT2D eigenvalue weighted by Crippen LogP contribution is 2.34. The van der Waals surface area contributed by atoms with Crippen LogP contribution in [0.15, 0.2) is 28.7 Å². The lowest BCUT2D eigenvalue weighted by molar-refractivity contribution is 0.638. The summed E-state index contributed by atoms with van der Waals surface area (Å²) in [5.41, 5.74) is 9.95. The minimum atomic E-state index is 0.515. The van der Waals surface area contributed by atoms with Crippen molar-refractivity contribution in [2.75, 3.05) is 5.73 Å². The van der Waals surface area contributed by atoms with Crippen LogP contribution in [0.2, 0.25) is 0 Å². The molecule has 0 atom stereocenters. The second-order valence-electron chi connectivity index (χ2n) is 3.85. The number of nitrogen functional groups attached to an aromatic ring is 1. The summed E-state index contributed by atoms with van der Waals surface area (Å²) in [6, 6.07) is 8.18. The maximum absolute atomic E-state index is 5.78. The largest absolute Gasteiger partial charge is 0.438 e. The predicted octanol–water partition coefficient (Wildman–Crippen LogP) is 2.82. The molecule has 15 heavy (non-hydrogen) atoms. The molecule has 0 fully saturated rings. The standard InChI is InChI=1S/C12H12N2O/c1-7-10-11(15-12(7)13)8-5-3-4-6-9(8)14(10)2/h3-6H,13H2,1-2H3. The summed E-state index contributed by atoms with van der Waals surface area (Å²) in [4.78, 5) is 0. The number of para-hydroxylation sites is 1. The predicted molar refractivity (Wildman–Crippen MR) is 61.8 cm³/mol. The van der Waals surface area contributed by atoms with Gasteiger partial charge in [-0.15, -0.1) is 0 Å². The molecule has 2 heterocycles. The first-order chi connectivity index (χ1) is 7.20. The van der Waals surface area contributed by atoms with Gasteiger partial charge >= 0.3 is 0 Å². The fraction of sp³-hybridized carbons (Fsp3) is 0.167. The highest BCUT2D eigenvalue weighted by atomic mass is 16.3. The van der Waals surface area contributed by atoms with Gasteiger partial charge < -0.3 is 14.7 Å². The summed E-state index contributed by atoms with van der Waals surface area (Å²) >= 11 is 0. The Morgan fingerprint density at radius 2 is 2.00 bits per heavy atom. The van der Waals surface area contributed by atoms with E-state index >= 15 is 0 Å². The van der Waals surface area contributed by atoms with E-state index in [1.54, 1.807) is 0 Å². The molecule has 0 spiro atoms. The van der Waals surface area contributed by atoms with Crippen molar-refractivity contribution >= 4 is 27.9 Å². The first-order valence-corrected chi connectivity index (χ1v) is 4.92. The van der Waals surface area contributed by atoms with Crippen LogP contribution in [0, 0.1) is 6.92 Å². The van der Waals surface area contributed by atoms with Crippen molar-refractivity contribution in [3.05, 3.63) is 29.8 Å². The van der Waals surface area contributed by atoms with Crippen LogP contribution in [0.25, 0.3) is 22.0 Å². The molecule has 76 valence electrons. The van der Waals surface area contributed by atoms with Crippen molar-refractivity contribution in [1.82, 2.24) is 4.57 Å². The second kappa shape index (κ2) is 2.57. The number of aromatic nitrogens is 1. The first kappa shape index (κ1) is 8.41. The van der Waals surface area contributed by atoms with Gasteiger partial charge in [0.25, 0.3) is 0 Å². The van der Waals surface area contributed by atoms with Gasteiger partial charge in [0.05, 0.1) is 11.0 Å². The maximum atomic E-state index is 5.78. The van der Waals surface area contributed by atoms with Crippen molar-refractivity contribution in [3.8, 4) is 0 Å². The lowest BCUT2D eigenvalue weighted by Crippen LogP contribution is -1.89. The molecule has 0 radical (unpaired) electrons. The smallest absolute Gasteiger partial charge is 0.196 e. The van der Waals surface area contributed by atoms with Crippen LogP contribution in [0.5, 0.6) is 0 Å². The lowest BCUT2D eigenvalue weighted by Gasteiger charge is -1.97. The monoisotopic (exact) mass is 200 g/mol. The Morgan fingerprint density at radius 3 is 2.80 bits per heavy atom. The van der Waals surface area contributed by atoms with E-state index in [2.05, 4.69) is 16.7 Å². The topological polar surface area (TPSA) is 44.1 Å². The molecule has 3 rings (SSSR count). The molecule has 2 aromatic heterocycles. The number of furan rings is 1. The van der Waals surface area contributed by atoms with Gasteiger partial charge in [-0.05, 0) is 19.1 Å². The average molecular weight is 200 g/mol. The van der Waals surface area contributed by atoms with E-state index in [4.69, 9.17) is 10.2 Å². The van der Waals surface area contributed by atoms with Crippen LogP contribution in [-0.2, 0) is 7.05 Å². The van der Waals surface area contributed by atoms with Crippen LogP contribution >= 0.6 is 0 Å². The minimum Gasteiger partial charge on any atom is -0.438 e. The molecule has 0 aliphatic heterocycles. The Balaban J connectivity index is 2.67. The number of benzene rings is 1. The number of rotatable bonds is 0. The highest BCUT2D eigenvalue weighted by Gasteiger charge is 2.15. The number of anilines is 1. The average Bonchev–Trinajstić information content (AvgIpc) is 2.68. The Bertz CT molecular complexity index is 661. The molecule has 0 aliphatic rings. The molecule has 2 N–H and O–H groups in total. The number of nitrogens with zero attached hydrogens (tertiary/aromatic N) is 1. The molecular weight excluding hydrogens is 188 g/mol. The van der Waals surface area contributed by atoms with Gasteiger partial charge in [-0.1, -0.05) is 12.1 Å². The van der Waals surface area contributed by atoms with E-state index in [9.17, 15) is 0 Å². The molecule has 0 saturated carbocycles. The fourth-order valence-electron chi connectivity index (χ4n) is 2.19. The van der Waals surface area contributed by atoms with E-state index in [1.807, 2.05) is 26.1 Å². The molecule has 3 heteroatoms. The molecular formula is C12H12N2O. The van der Waals surface area contributed by atoms with Gasteiger partial charge in [0.1, 0.15) is 0 Å². The van der Waals surface area contributed by atoms with Crippen molar-refractivity contribution in [3.63, 3.8) is 0 Å². The summed E-state index contributed by atoms with van der Waals surface area (Å²) in [6.07, 6.45) is 0. The molecule has 3 aromatic rings. The molecule has 0 aliphatic carbocycles. The van der Waals surface area contributed by atoms with Gasteiger partial charge in [0.2, 0.25) is 0 Å². The molecule has 0 unspecified atom stereocenters. The molecule has 0 bridgehead atoms. The maximum Gasteiger partial charge on any atom is 0.196 e. The zero-order chi connectivity index (χ0) is 10.6. The van der Waals surface area contributed by atoms with Crippen molar-refractivity contribution in [1.29, 1.82) is 0 Å². The molecule has 1 aromatic carbocycles. The number of fused-ring (bicyclic) bond motifs is 3. The first-order valence-electron chi connectivity index (χ1n) is 4.92. The van der Waals surface area contributed by atoms with E-state index in [1.165, 1.54) is 5.52 Å². The van der Waals surface area contributed by atoms with Gasteiger partial charge in [-0.2, -0.15) is 0 Å². The van der Waals surface area contributed by atoms with Gasteiger partial charge in [-0.25, -0.2) is 0 Å². The number of nitrogens with two attached hydrogens (primary N) is 1. The highest BCUT2D eigenvalue weighted by molar-refractivity contribution is 6.07. The Kier molecular flexibility index (Phi) is 1.44. The summed E-state index contributed by atoms with van der Waals surface area (Å²) < 4.78 is 7.71. The number of aryl methyl sites for hydroxylation is 2. The van der Waals surface area contributed by atoms with Gasteiger partial charge in [0.15, 0.2) is 11.5 Å². The second-order valence-corrected chi connectivity index (χ2v) is 3.85. The van der Waals surface area contributed by atoms with Crippen molar-refractivity contribution in [2.45, 2.75) is 6.92 Å². The van der Waals surface area contributed by atoms with Crippen LogP contribution in [0.3, 0.4) is 0 Å².